The molecule has 256 valence electrons. The van der Waals surface area contributed by atoms with Crippen LogP contribution < -0.4 is 26.1 Å². The third-order valence-electron chi connectivity index (χ3n) is 8.32. The number of rotatable bonds is 12. The van der Waals surface area contributed by atoms with Gasteiger partial charge in [-0.1, -0.05) is 37.3 Å². The van der Waals surface area contributed by atoms with Crippen LogP contribution in [0.15, 0.2) is 166 Å². The summed E-state index contributed by atoms with van der Waals surface area (Å²) in [5, 5.41) is 0. The van der Waals surface area contributed by atoms with E-state index in [1.54, 1.807) is 6.20 Å². The van der Waals surface area contributed by atoms with Gasteiger partial charge in [0, 0.05) is 18.6 Å². The Balaban J connectivity index is 1.40. The van der Waals surface area contributed by atoms with Crippen molar-refractivity contribution in [1.82, 2.24) is 15.0 Å². The summed E-state index contributed by atoms with van der Waals surface area (Å²) in [6.45, 7) is 11.0. The molecule has 0 aliphatic carbocycles. The topological polar surface area (TPSA) is 66.6 Å². The fraction of sp³-hybridized carbons (Fsp3) is 0.140. The Hall–Kier alpha value is -4.55. The van der Waals surface area contributed by atoms with Gasteiger partial charge in [0.1, 0.15) is 0 Å². The molecule has 0 spiro atoms. The van der Waals surface area contributed by atoms with Crippen LogP contribution in [0.25, 0.3) is 22.5 Å². The number of halogens is 2. The van der Waals surface area contributed by atoms with Crippen molar-refractivity contribution in [2.75, 3.05) is 4.90 Å². The van der Waals surface area contributed by atoms with Crippen LogP contribution in [0.1, 0.15) is 32.2 Å². The second-order valence-corrected chi connectivity index (χ2v) is 15.9. The smallest absolute Gasteiger partial charge is 0.267 e. The molecule has 0 radical (unpaired) electrons. The summed E-state index contributed by atoms with van der Waals surface area (Å²) in [6, 6.07) is 33.3. The molecule has 8 heteroatoms. The molecule has 5 aromatic rings. The molecular weight excluding hydrogens is 854 g/mol. The van der Waals surface area contributed by atoms with Crippen molar-refractivity contribution in [3.05, 3.63) is 171 Å². The summed E-state index contributed by atoms with van der Waals surface area (Å²) < 4.78 is 3.42. The molecule has 51 heavy (non-hydrogen) atoms. The van der Waals surface area contributed by atoms with Gasteiger partial charge in [-0.3, -0.25) is 9.98 Å². The first-order valence-corrected chi connectivity index (χ1v) is 20.1. The van der Waals surface area contributed by atoms with Gasteiger partial charge < -0.3 is 0 Å². The third-order valence-corrected chi connectivity index (χ3v) is 12.2. The number of nitrogens with zero attached hydrogens (tertiary/aromatic N) is 6. The van der Waals surface area contributed by atoms with E-state index in [-0.39, 0.29) is 12.0 Å². The second-order valence-electron chi connectivity index (χ2n) is 11.9. The van der Waals surface area contributed by atoms with E-state index in [2.05, 4.69) is 174 Å². The Kier molecular flexibility index (Phi) is 12.5. The van der Waals surface area contributed by atoms with E-state index in [1.807, 2.05) is 30.7 Å². The van der Waals surface area contributed by atoms with Crippen LogP contribution in [0, 0.1) is 9.49 Å². The average Bonchev–Trinajstić information content (AvgIpc) is 3.17. The third kappa shape index (κ3) is 9.22. The average molecular weight is 894 g/mol. The van der Waals surface area contributed by atoms with Crippen LogP contribution in [0.5, 0.6) is 0 Å². The summed E-state index contributed by atoms with van der Waals surface area (Å²) in [5.41, 5.74) is 7.67. The SMILES string of the molecule is C=C(Cc1cc(C(I)=Nc2ccccc2[I-]C(/C=C\C)=C/C)nc(-c2ccc(-c3cccnc3)cc2)n1)N(c1ccccc1)C1C=NC=CC1C. The molecule has 1 aliphatic rings. The first-order chi connectivity index (χ1) is 24.9. The number of allylic oxidation sites excluding steroid dienone is 5. The van der Waals surface area contributed by atoms with Gasteiger partial charge in [-0.05, 0) is 6.07 Å². The van der Waals surface area contributed by atoms with Gasteiger partial charge >= 0.3 is 255 Å². The molecule has 2 aromatic heterocycles. The van der Waals surface area contributed by atoms with Gasteiger partial charge in [0.25, 0.3) is 0 Å². The number of pyridine rings is 1. The molecule has 2 atom stereocenters. The molecule has 1 aliphatic heterocycles. The monoisotopic (exact) mass is 893 g/mol. The van der Waals surface area contributed by atoms with E-state index in [0.29, 0.717) is 12.2 Å². The minimum Gasteiger partial charge on any atom is -0.267 e. The normalized spacial score (nSPS) is 16.2. The molecule has 2 unspecified atom stereocenters. The van der Waals surface area contributed by atoms with Crippen molar-refractivity contribution in [1.29, 1.82) is 0 Å². The Morgan fingerprint density at radius 3 is 2.41 bits per heavy atom. The van der Waals surface area contributed by atoms with Crippen molar-refractivity contribution in [2.45, 2.75) is 33.2 Å². The van der Waals surface area contributed by atoms with Crippen LogP contribution >= 0.6 is 22.6 Å². The second kappa shape index (κ2) is 17.6. The van der Waals surface area contributed by atoms with Gasteiger partial charge in [0.2, 0.25) is 0 Å². The van der Waals surface area contributed by atoms with E-state index in [1.165, 1.54) is 7.15 Å². The zero-order valence-corrected chi connectivity index (χ0v) is 33.2. The molecule has 6 rings (SSSR count). The van der Waals surface area contributed by atoms with Crippen LogP contribution in [0.3, 0.4) is 0 Å². The van der Waals surface area contributed by atoms with Crippen LogP contribution in [0.2, 0.25) is 0 Å². The van der Waals surface area contributed by atoms with Crippen molar-refractivity contribution >= 4 is 43.9 Å². The molecule has 0 fully saturated rings. The van der Waals surface area contributed by atoms with E-state index < -0.39 is 21.2 Å². The van der Waals surface area contributed by atoms with Crippen molar-refractivity contribution < 1.29 is 21.2 Å². The van der Waals surface area contributed by atoms with Crippen molar-refractivity contribution in [3.63, 3.8) is 0 Å². The minimum atomic E-state index is -0.401. The van der Waals surface area contributed by atoms with E-state index in [9.17, 15) is 0 Å². The van der Waals surface area contributed by atoms with Gasteiger partial charge in [-0.25, -0.2) is 0 Å². The fourth-order valence-electron chi connectivity index (χ4n) is 5.74. The molecule has 0 bridgehead atoms. The Labute approximate surface area is 325 Å². The number of aromatic nitrogens is 3. The summed E-state index contributed by atoms with van der Waals surface area (Å²) in [5.74, 6) is 0.894. The quantitative estimate of drug-likeness (QED) is 0.0735. The summed E-state index contributed by atoms with van der Waals surface area (Å²) >= 11 is 1.93. The number of benzene rings is 3. The minimum absolute atomic E-state index is 0.0248. The van der Waals surface area contributed by atoms with Crippen molar-refractivity contribution in [3.8, 4) is 22.5 Å². The number of hydrogen-bond acceptors (Lipinski definition) is 6. The van der Waals surface area contributed by atoms with Crippen molar-refractivity contribution in [2.24, 2.45) is 15.9 Å². The predicted octanol–water partition coefficient (Wildman–Crippen LogP) is 7.62. The molecule has 0 saturated heterocycles. The zero-order valence-electron chi connectivity index (χ0n) is 28.9. The fourth-order valence-corrected chi connectivity index (χ4v) is 8.76. The van der Waals surface area contributed by atoms with Crippen LogP contribution in [0.4, 0.5) is 11.4 Å². The van der Waals surface area contributed by atoms with Crippen LogP contribution in [-0.2, 0) is 6.42 Å². The number of aliphatic imine (C=N–C) groups is 2. The predicted molar refractivity (Wildman–Crippen MR) is 217 cm³/mol. The van der Waals surface area contributed by atoms with Gasteiger partial charge in [0.15, 0.2) is 0 Å². The Bertz CT molecular complexity index is 2120. The van der Waals surface area contributed by atoms with E-state index >= 15 is 0 Å². The van der Waals surface area contributed by atoms with E-state index in [4.69, 9.17) is 15.0 Å². The maximum absolute atomic E-state index is 5.18. The van der Waals surface area contributed by atoms with Gasteiger partial charge in [0.05, 0.1) is 0 Å². The summed E-state index contributed by atoms with van der Waals surface area (Å²) in [6.07, 6.45) is 16.7. The molecule has 3 heterocycles. The molecule has 0 amide bonds. The van der Waals surface area contributed by atoms with Gasteiger partial charge in [-0.15, -0.1) is 0 Å². The Morgan fingerprint density at radius 1 is 0.922 bits per heavy atom. The maximum atomic E-state index is 5.18. The first kappa shape index (κ1) is 36.2. The molecule has 6 nitrogen and oxygen atoms in total. The van der Waals surface area contributed by atoms with Crippen LogP contribution in [-0.4, -0.2) is 30.9 Å². The summed E-state index contributed by atoms with van der Waals surface area (Å²) in [7, 11) is 0. The molecule has 0 saturated carbocycles. The zero-order chi connectivity index (χ0) is 35.6. The first-order valence-electron chi connectivity index (χ1n) is 16.8. The summed E-state index contributed by atoms with van der Waals surface area (Å²) in [4.78, 5) is 26.5. The molecular formula is C43H39I2N6-. The number of anilines is 1. The molecule has 0 N–H and O–H groups in total. The number of hydrogen-bond donors (Lipinski definition) is 0. The standard InChI is InChI=1S/C43H39I2N6/c1-5-13-35(6-2)45-38-17-10-11-18-39(38)49-42(44)40-27-36(48-43(50-40)33-21-19-32(20-22-33)34-14-12-24-46-28-34)26-31(4)51(37-15-8-7-9-16-37)41-29-47-25-23-30(41)3/h5-25,27-30,41H,4,26H2,1-3H3/q-1/b13-5-,35-6+,49-42?. The number of para-hydroxylation sites is 2. The molecule has 3 aromatic carbocycles. The van der Waals surface area contributed by atoms with Gasteiger partial charge in [-0.2, -0.15) is 0 Å². The Morgan fingerprint density at radius 2 is 1.69 bits per heavy atom. The van der Waals surface area contributed by atoms with E-state index in [0.717, 1.165) is 48.9 Å².